The minimum Gasteiger partial charge on any atom is -0.444 e. The number of likely N-dealkylation sites (tertiary alicyclic amines) is 1. The van der Waals surface area contributed by atoms with Crippen molar-refractivity contribution in [2.75, 3.05) is 39.3 Å². The summed E-state index contributed by atoms with van der Waals surface area (Å²) in [6, 6.07) is 20.0. The third-order valence-corrected chi connectivity index (χ3v) is 8.12. The van der Waals surface area contributed by atoms with Gasteiger partial charge in [0.05, 0.1) is 0 Å². The smallest absolute Gasteiger partial charge is 0.407 e. The number of piperidine rings is 1. The quantitative estimate of drug-likeness (QED) is 0.258. The van der Waals surface area contributed by atoms with Gasteiger partial charge >= 0.3 is 6.09 Å². The lowest BCUT2D eigenvalue weighted by atomic mass is 9.89. The maximum absolute atomic E-state index is 12.1. The van der Waals surface area contributed by atoms with Crippen LogP contribution in [0.5, 0.6) is 0 Å². The summed E-state index contributed by atoms with van der Waals surface area (Å²) in [5.74, 6) is 1.49. The van der Waals surface area contributed by atoms with E-state index in [1.807, 2.05) is 20.8 Å². The molecule has 5 nitrogen and oxygen atoms in total. The van der Waals surface area contributed by atoms with Crippen LogP contribution in [0.25, 0.3) is 0 Å². The van der Waals surface area contributed by atoms with Crippen LogP contribution < -0.4 is 5.32 Å². The molecule has 1 saturated heterocycles. The van der Waals surface area contributed by atoms with E-state index in [0.29, 0.717) is 6.54 Å². The van der Waals surface area contributed by atoms with Crippen molar-refractivity contribution in [2.24, 2.45) is 0 Å². The molecule has 214 valence electrons. The van der Waals surface area contributed by atoms with Gasteiger partial charge in [-0.25, -0.2) is 4.79 Å². The Hall–Kier alpha value is -2.37. The second kappa shape index (κ2) is 14.9. The van der Waals surface area contributed by atoms with Crippen LogP contribution in [0.3, 0.4) is 0 Å². The Balaban J connectivity index is 1.16. The Bertz CT molecular complexity index is 991. The van der Waals surface area contributed by atoms with Gasteiger partial charge in [-0.05, 0) is 114 Å². The number of unbranched alkanes of at least 4 members (excludes halogenated alkanes) is 3. The number of rotatable bonds is 14. The largest absolute Gasteiger partial charge is 0.444 e. The predicted octanol–water partition coefficient (Wildman–Crippen LogP) is 7.33. The topological polar surface area (TPSA) is 44.8 Å². The lowest BCUT2D eigenvalue weighted by molar-refractivity contribution is 0.0521. The number of amides is 1. The zero-order valence-corrected chi connectivity index (χ0v) is 24.7. The average Bonchev–Trinajstić information content (AvgIpc) is 3.76. The van der Waals surface area contributed by atoms with Crippen molar-refractivity contribution in [1.29, 1.82) is 0 Å². The van der Waals surface area contributed by atoms with Crippen LogP contribution in [0, 0.1) is 0 Å². The van der Waals surface area contributed by atoms with Crippen LogP contribution >= 0.6 is 0 Å². The maximum Gasteiger partial charge on any atom is 0.407 e. The maximum atomic E-state index is 12.1. The molecule has 4 rings (SSSR count). The fraction of sp³-hybridized carbons (Fsp3) is 0.618. The van der Waals surface area contributed by atoms with Gasteiger partial charge in [0.1, 0.15) is 5.60 Å². The van der Waals surface area contributed by atoms with E-state index in [0.717, 1.165) is 31.5 Å². The van der Waals surface area contributed by atoms with Gasteiger partial charge in [0, 0.05) is 19.6 Å². The van der Waals surface area contributed by atoms with Gasteiger partial charge in [0.25, 0.3) is 0 Å². The number of carbonyl (C=O) groups excluding carboxylic acids is 1. The Morgan fingerprint density at radius 1 is 0.872 bits per heavy atom. The zero-order chi connectivity index (χ0) is 27.5. The number of hydrogen-bond donors (Lipinski definition) is 1. The molecule has 2 aromatic carbocycles. The molecular formula is C34H51N3O2. The molecule has 1 amide bonds. The Labute approximate surface area is 237 Å². The van der Waals surface area contributed by atoms with E-state index in [1.165, 1.54) is 87.7 Å². The minimum absolute atomic E-state index is 0.325. The van der Waals surface area contributed by atoms with Gasteiger partial charge in [-0.1, -0.05) is 67.4 Å². The predicted molar refractivity (Wildman–Crippen MR) is 161 cm³/mol. The standard InChI is InChI=1S/C34H51N3O2/c1-34(2,3)39-33(38)35-21-26-37(27-31-15-9-10-16-32(31)30-17-18-30)23-12-5-4-11-22-36-24-19-29(20-25-36)28-13-7-6-8-14-28/h6-10,13-16,29-30H,4-5,11-12,17-27H2,1-3H3,(H,35,38). The summed E-state index contributed by atoms with van der Waals surface area (Å²) in [5.41, 5.74) is 4.03. The third kappa shape index (κ3) is 10.6. The molecule has 1 aliphatic heterocycles. The first-order valence-electron chi connectivity index (χ1n) is 15.4. The lowest BCUT2D eigenvalue weighted by Gasteiger charge is -2.32. The van der Waals surface area contributed by atoms with E-state index in [2.05, 4.69) is 69.7 Å². The first-order chi connectivity index (χ1) is 18.9. The summed E-state index contributed by atoms with van der Waals surface area (Å²) in [6.07, 6.45) is 9.95. The second-order valence-corrected chi connectivity index (χ2v) is 12.6. The zero-order valence-electron chi connectivity index (χ0n) is 24.7. The Morgan fingerprint density at radius 2 is 1.56 bits per heavy atom. The first kappa shape index (κ1) is 29.6. The van der Waals surface area contributed by atoms with Gasteiger partial charge < -0.3 is 15.0 Å². The summed E-state index contributed by atoms with van der Waals surface area (Å²) >= 11 is 0. The molecule has 1 saturated carbocycles. The van der Waals surface area contributed by atoms with Crippen LogP contribution in [0.2, 0.25) is 0 Å². The van der Waals surface area contributed by atoms with Crippen molar-refractivity contribution in [1.82, 2.24) is 15.1 Å². The molecule has 1 aliphatic carbocycles. The minimum atomic E-state index is -0.467. The van der Waals surface area contributed by atoms with E-state index in [-0.39, 0.29) is 6.09 Å². The average molecular weight is 534 g/mol. The van der Waals surface area contributed by atoms with Crippen molar-refractivity contribution in [3.63, 3.8) is 0 Å². The van der Waals surface area contributed by atoms with Crippen molar-refractivity contribution >= 4 is 6.09 Å². The highest BCUT2D eigenvalue weighted by Gasteiger charge is 2.26. The van der Waals surface area contributed by atoms with Crippen molar-refractivity contribution in [2.45, 2.75) is 96.1 Å². The van der Waals surface area contributed by atoms with Crippen molar-refractivity contribution in [3.05, 3.63) is 71.3 Å². The van der Waals surface area contributed by atoms with Crippen molar-refractivity contribution < 1.29 is 9.53 Å². The number of nitrogens with zero attached hydrogens (tertiary/aromatic N) is 2. The molecule has 0 radical (unpaired) electrons. The number of carbonyl (C=O) groups is 1. The molecule has 1 heterocycles. The molecule has 0 unspecified atom stereocenters. The summed E-state index contributed by atoms with van der Waals surface area (Å²) in [5, 5.41) is 2.96. The normalized spacial score (nSPS) is 16.9. The monoisotopic (exact) mass is 533 g/mol. The SMILES string of the molecule is CC(C)(C)OC(=O)NCCN(CCCCCCN1CCC(c2ccccc2)CC1)Cc1ccccc1C1CC1. The lowest BCUT2D eigenvalue weighted by Crippen LogP contribution is -2.38. The Kier molecular flexibility index (Phi) is 11.3. The molecule has 2 aliphatic rings. The molecular weight excluding hydrogens is 482 g/mol. The molecule has 0 bridgehead atoms. The van der Waals surface area contributed by atoms with Gasteiger partial charge in [0.15, 0.2) is 0 Å². The fourth-order valence-corrected chi connectivity index (χ4v) is 5.85. The van der Waals surface area contributed by atoms with Crippen LogP contribution in [0.1, 0.15) is 101 Å². The van der Waals surface area contributed by atoms with Crippen LogP contribution in [-0.2, 0) is 11.3 Å². The van der Waals surface area contributed by atoms with E-state index < -0.39 is 5.60 Å². The van der Waals surface area contributed by atoms with Gasteiger partial charge in [0.2, 0.25) is 0 Å². The number of ether oxygens (including phenoxy) is 1. The van der Waals surface area contributed by atoms with Crippen LogP contribution in [-0.4, -0.2) is 60.8 Å². The van der Waals surface area contributed by atoms with Crippen LogP contribution in [0.15, 0.2) is 54.6 Å². The summed E-state index contributed by atoms with van der Waals surface area (Å²) in [7, 11) is 0. The number of nitrogens with one attached hydrogen (secondary N) is 1. The van der Waals surface area contributed by atoms with Crippen molar-refractivity contribution in [3.8, 4) is 0 Å². The molecule has 0 atom stereocenters. The summed E-state index contributed by atoms with van der Waals surface area (Å²) < 4.78 is 5.43. The summed E-state index contributed by atoms with van der Waals surface area (Å²) in [4.78, 5) is 17.3. The third-order valence-electron chi connectivity index (χ3n) is 8.12. The fourth-order valence-electron chi connectivity index (χ4n) is 5.85. The van der Waals surface area contributed by atoms with E-state index >= 15 is 0 Å². The highest BCUT2D eigenvalue weighted by molar-refractivity contribution is 5.67. The molecule has 2 fully saturated rings. The van der Waals surface area contributed by atoms with E-state index in [4.69, 9.17) is 4.74 Å². The number of alkyl carbamates (subject to hydrolysis) is 1. The molecule has 0 aromatic heterocycles. The molecule has 5 heteroatoms. The van der Waals surface area contributed by atoms with E-state index in [9.17, 15) is 4.79 Å². The van der Waals surface area contributed by atoms with E-state index in [1.54, 1.807) is 0 Å². The number of hydrogen-bond acceptors (Lipinski definition) is 4. The second-order valence-electron chi connectivity index (χ2n) is 12.6. The molecule has 2 aromatic rings. The Morgan fingerprint density at radius 3 is 2.28 bits per heavy atom. The highest BCUT2D eigenvalue weighted by Crippen LogP contribution is 2.41. The first-order valence-corrected chi connectivity index (χ1v) is 15.4. The molecule has 1 N–H and O–H groups in total. The molecule has 39 heavy (non-hydrogen) atoms. The van der Waals surface area contributed by atoms with Crippen LogP contribution in [0.4, 0.5) is 4.79 Å². The molecule has 0 spiro atoms. The number of benzene rings is 2. The highest BCUT2D eigenvalue weighted by atomic mass is 16.6. The summed E-state index contributed by atoms with van der Waals surface area (Å²) in [6.45, 7) is 12.9. The van der Waals surface area contributed by atoms with Gasteiger partial charge in [-0.15, -0.1) is 0 Å². The van der Waals surface area contributed by atoms with Gasteiger partial charge in [-0.2, -0.15) is 0 Å². The van der Waals surface area contributed by atoms with Gasteiger partial charge in [-0.3, -0.25) is 4.90 Å².